The summed E-state index contributed by atoms with van der Waals surface area (Å²) in [5, 5.41) is 9.18. The molecule has 0 aliphatic carbocycles. The molecule has 0 saturated heterocycles. The van der Waals surface area contributed by atoms with Crippen LogP contribution in [-0.4, -0.2) is 30.7 Å². The molecule has 0 aliphatic rings. The zero-order valence-electron chi connectivity index (χ0n) is 7.55. The van der Waals surface area contributed by atoms with E-state index in [1.54, 1.807) is 20.8 Å². The van der Waals surface area contributed by atoms with Crippen molar-refractivity contribution in [3.63, 3.8) is 0 Å². The standard InChI is InChI=1S/C8H16O3/c1-8(2,3)7(10)6(9)5-11-4/h6,9H,5H2,1-4H3/t6-/m0/s1. The third kappa shape index (κ3) is 3.49. The summed E-state index contributed by atoms with van der Waals surface area (Å²) in [4.78, 5) is 11.2. The fourth-order valence-corrected chi connectivity index (χ4v) is 0.733. The second-order valence-corrected chi connectivity index (χ2v) is 3.59. The van der Waals surface area contributed by atoms with Crippen molar-refractivity contribution in [1.29, 1.82) is 0 Å². The monoisotopic (exact) mass is 160 g/mol. The highest BCUT2D eigenvalue weighted by molar-refractivity contribution is 5.87. The first kappa shape index (κ1) is 10.6. The molecule has 1 N–H and O–H groups in total. The van der Waals surface area contributed by atoms with Crippen molar-refractivity contribution >= 4 is 5.78 Å². The van der Waals surface area contributed by atoms with E-state index in [0.29, 0.717) is 0 Å². The summed E-state index contributed by atoms with van der Waals surface area (Å²) in [6.07, 6.45) is -0.986. The number of aliphatic hydroxyl groups excluding tert-OH is 1. The Labute approximate surface area is 67.4 Å². The van der Waals surface area contributed by atoms with Crippen molar-refractivity contribution in [3.8, 4) is 0 Å². The van der Waals surface area contributed by atoms with Crippen molar-refractivity contribution in [2.45, 2.75) is 26.9 Å². The molecule has 3 heteroatoms. The third-order valence-electron chi connectivity index (χ3n) is 1.37. The molecule has 0 aromatic carbocycles. The van der Waals surface area contributed by atoms with Crippen molar-refractivity contribution in [2.24, 2.45) is 5.41 Å². The average molecular weight is 160 g/mol. The average Bonchev–Trinajstić information content (AvgIpc) is 1.85. The number of Topliss-reactive ketones (excluding diaryl/α,β-unsaturated/α-hetero) is 1. The van der Waals surface area contributed by atoms with E-state index in [9.17, 15) is 9.90 Å². The lowest BCUT2D eigenvalue weighted by Gasteiger charge is -2.19. The third-order valence-corrected chi connectivity index (χ3v) is 1.37. The van der Waals surface area contributed by atoms with Gasteiger partial charge in [0.2, 0.25) is 0 Å². The predicted octanol–water partition coefficient (Wildman–Crippen LogP) is 0.609. The fourth-order valence-electron chi connectivity index (χ4n) is 0.733. The molecule has 1 atom stereocenters. The Morgan fingerprint density at radius 2 is 2.00 bits per heavy atom. The lowest BCUT2D eigenvalue weighted by atomic mass is 9.88. The Hall–Kier alpha value is -0.410. The van der Waals surface area contributed by atoms with Gasteiger partial charge in [-0.1, -0.05) is 20.8 Å². The van der Waals surface area contributed by atoms with Gasteiger partial charge in [0.25, 0.3) is 0 Å². The first-order valence-electron chi connectivity index (χ1n) is 3.61. The molecule has 0 heterocycles. The number of hydrogen-bond donors (Lipinski definition) is 1. The Morgan fingerprint density at radius 1 is 1.55 bits per heavy atom. The molecular weight excluding hydrogens is 144 g/mol. The van der Waals surface area contributed by atoms with Gasteiger partial charge in [-0.15, -0.1) is 0 Å². The number of hydrogen-bond acceptors (Lipinski definition) is 3. The SMILES string of the molecule is COC[C@H](O)C(=O)C(C)(C)C. The van der Waals surface area contributed by atoms with E-state index in [1.165, 1.54) is 7.11 Å². The molecule has 0 aromatic heterocycles. The maximum Gasteiger partial charge on any atom is 0.168 e. The van der Waals surface area contributed by atoms with Crippen LogP contribution in [0.15, 0.2) is 0 Å². The second kappa shape index (κ2) is 3.83. The van der Waals surface area contributed by atoms with Gasteiger partial charge in [0.1, 0.15) is 6.10 Å². The Balaban J connectivity index is 4.03. The molecule has 0 rings (SSSR count). The van der Waals surface area contributed by atoms with E-state index in [-0.39, 0.29) is 12.4 Å². The Morgan fingerprint density at radius 3 is 2.27 bits per heavy atom. The molecule has 0 radical (unpaired) electrons. The predicted molar refractivity (Wildman–Crippen MR) is 42.3 cm³/mol. The molecule has 0 fully saturated rings. The maximum absolute atomic E-state index is 11.2. The summed E-state index contributed by atoms with van der Waals surface area (Å²) in [5.74, 6) is -0.181. The van der Waals surface area contributed by atoms with Crippen LogP contribution in [0.25, 0.3) is 0 Å². The smallest absolute Gasteiger partial charge is 0.168 e. The molecule has 0 aliphatic heterocycles. The van der Waals surface area contributed by atoms with Crippen LogP contribution in [0.3, 0.4) is 0 Å². The summed E-state index contributed by atoms with van der Waals surface area (Å²) in [6.45, 7) is 5.40. The van der Waals surface area contributed by atoms with Crippen LogP contribution in [0.4, 0.5) is 0 Å². The largest absolute Gasteiger partial charge is 0.383 e. The number of aliphatic hydroxyl groups is 1. The first-order valence-corrected chi connectivity index (χ1v) is 3.61. The molecule has 0 amide bonds. The lowest BCUT2D eigenvalue weighted by Crippen LogP contribution is -2.35. The Kier molecular flexibility index (Phi) is 3.69. The van der Waals surface area contributed by atoms with E-state index in [2.05, 4.69) is 4.74 Å². The molecule has 0 unspecified atom stereocenters. The van der Waals surface area contributed by atoms with Gasteiger partial charge in [0.15, 0.2) is 5.78 Å². The van der Waals surface area contributed by atoms with Gasteiger partial charge in [0, 0.05) is 12.5 Å². The van der Waals surface area contributed by atoms with E-state index in [0.717, 1.165) is 0 Å². The number of carbonyl (C=O) groups excluding carboxylic acids is 1. The summed E-state index contributed by atoms with van der Waals surface area (Å²) in [5.41, 5.74) is -0.488. The van der Waals surface area contributed by atoms with Gasteiger partial charge in [-0.05, 0) is 0 Å². The number of methoxy groups -OCH3 is 1. The zero-order valence-corrected chi connectivity index (χ0v) is 7.55. The number of ketones is 1. The van der Waals surface area contributed by atoms with E-state index in [1.807, 2.05) is 0 Å². The Bertz CT molecular complexity index is 135. The first-order chi connectivity index (χ1) is 4.89. The number of rotatable bonds is 3. The van der Waals surface area contributed by atoms with Crippen LogP contribution in [-0.2, 0) is 9.53 Å². The van der Waals surface area contributed by atoms with Crippen molar-refractivity contribution in [2.75, 3.05) is 13.7 Å². The summed E-state index contributed by atoms with van der Waals surface area (Å²) in [7, 11) is 1.46. The molecule has 0 spiro atoms. The normalized spacial score (nSPS) is 14.6. The van der Waals surface area contributed by atoms with Gasteiger partial charge >= 0.3 is 0 Å². The van der Waals surface area contributed by atoms with E-state index in [4.69, 9.17) is 0 Å². The van der Waals surface area contributed by atoms with Gasteiger partial charge in [-0.3, -0.25) is 4.79 Å². The molecule has 0 aromatic rings. The minimum atomic E-state index is -0.986. The van der Waals surface area contributed by atoms with E-state index < -0.39 is 11.5 Å². The van der Waals surface area contributed by atoms with Crippen molar-refractivity contribution < 1.29 is 14.6 Å². The topological polar surface area (TPSA) is 46.5 Å². The highest BCUT2D eigenvalue weighted by atomic mass is 16.5. The van der Waals surface area contributed by atoms with Crippen LogP contribution in [0.1, 0.15) is 20.8 Å². The minimum absolute atomic E-state index is 0.0795. The van der Waals surface area contributed by atoms with Crippen molar-refractivity contribution in [3.05, 3.63) is 0 Å². The van der Waals surface area contributed by atoms with Crippen LogP contribution < -0.4 is 0 Å². The molecule has 0 saturated carbocycles. The van der Waals surface area contributed by atoms with Gasteiger partial charge in [-0.2, -0.15) is 0 Å². The zero-order chi connectivity index (χ0) is 9.07. The molecule has 11 heavy (non-hydrogen) atoms. The van der Waals surface area contributed by atoms with Crippen LogP contribution in [0.2, 0.25) is 0 Å². The van der Waals surface area contributed by atoms with Gasteiger partial charge in [-0.25, -0.2) is 0 Å². The van der Waals surface area contributed by atoms with Crippen molar-refractivity contribution in [1.82, 2.24) is 0 Å². The number of ether oxygens (including phenoxy) is 1. The fraction of sp³-hybridized carbons (Fsp3) is 0.875. The molecule has 66 valence electrons. The van der Waals surface area contributed by atoms with Crippen LogP contribution in [0.5, 0.6) is 0 Å². The maximum atomic E-state index is 11.2. The van der Waals surface area contributed by atoms with E-state index >= 15 is 0 Å². The molecule has 3 nitrogen and oxygen atoms in total. The van der Waals surface area contributed by atoms with Gasteiger partial charge < -0.3 is 9.84 Å². The molecule has 0 bridgehead atoms. The summed E-state index contributed by atoms with van der Waals surface area (Å²) < 4.78 is 4.65. The second-order valence-electron chi connectivity index (χ2n) is 3.59. The van der Waals surface area contributed by atoms with Gasteiger partial charge in [0.05, 0.1) is 6.61 Å². The highest BCUT2D eigenvalue weighted by Crippen LogP contribution is 2.16. The lowest BCUT2D eigenvalue weighted by molar-refractivity contribution is -0.137. The quantitative estimate of drug-likeness (QED) is 0.658. The van der Waals surface area contributed by atoms with Crippen LogP contribution >= 0.6 is 0 Å². The highest BCUT2D eigenvalue weighted by Gasteiger charge is 2.27. The molecular formula is C8H16O3. The van der Waals surface area contributed by atoms with Crippen LogP contribution in [0, 0.1) is 5.41 Å². The summed E-state index contributed by atoms with van der Waals surface area (Å²) in [6, 6.07) is 0. The number of carbonyl (C=O) groups is 1. The minimum Gasteiger partial charge on any atom is -0.383 e. The summed E-state index contributed by atoms with van der Waals surface area (Å²) >= 11 is 0.